The molecule has 0 bridgehead atoms. The molecule has 2 fully saturated rings. The predicted molar refractivity (Wildman–Crippen MR) is 128 cm³/mol. The maximum atomic E-state index is 13.0. The lowest BCUT2D eigenvalue weighted by Crippen LogP contribution is -2.71. The van der Waals surface area contributed by atoms with E-state index in [2.05, 4.69) is 26.3 Å². The fourth-order valence-electron chi connectivity index (χ4n) is 4.26. The third kappa shape index (κ3) is 4.48. The van der Waals surface area contributed by atoms with E-state index in [1.165, 1.54) is 22.0 Å². The fraction of sp³-hybridized carbons (Fsp3) is 0.476. The molecule has 1 aromatic heterocycles. The van der Waals surface area contributed by atoms with Crippen molar-refractivity contribution in [2.45, 2.75) is 37.2 Å². The van der Waals surface area contributed by atoms with E-state index in [0.717, 1.165) is 42.8 Å². The molecule has 4 rings (SSSR count). The lowest BCUT2D eigenvalue weighted by atomic mass is 9.99. The van der Waals surface area contributed by atoms with Gasteiger partial charge in [-0.15, -0.1) is 29.5 Å². The number of thioether (sulfide) groups is 1. The largest absolute Gasteiger partial charge is 0.477 e. The van der Waals surface area contributed by atoms with E-state index >= 15 is 0 Å². The van der Waals surface area contributed by atoms with Crippen LogP contribution in [0.15, 0.2) is 21.8 Å². The molecule has 0 aromatic carbocycles. The highest BCUT2D eigenvalue weighted by atomic mass is 32.2. The molecular formula is C21H24N6O5S2. The summed E-state index contributed by atoms with van der Waals surface area (Å²) in [5, 5.41) is 17.6. The van der Waals surface area contributed by atoms with Crippen LogP contribution in [0.3, 0.4) is 0 Å². The summed E-state index contributed by atoms with van der Waals surface area (Å²) in [5.41, 5.74) is 6.41. The van der Waals surface area contributed by atoms with Crippen LogP contribution in [-0.2, 0) is 19.2 Å². The zero-order valence-electron chi connectivity index (χ0n) is 18.4. The van der Waals surface area contributed by atoms with Crippen molar-refractivity contribution in [2.24, 2.45) is 5.16 Å². The van der Waals surface area contributed by atoms with Gasteiger partial charge in [-0.1, -0.05) is 11.1 Å². The Morgan fingerprint density at radius 3 is 2.82 bits per heavy atom. The van der Waals surface area contributed by atoms with Crippen LogP contribution in [0.4, 0.5) is 5.13 Å². The van der Waals surface area contributed by atoms with Crippen molar-refractivity contribution in [3.8, 4) is 12.3 Å². The Labute approximate surface area is 204 Å². The Balaban J connectivity index is 1.53. The van der Waals surface area contributed by atoms with Gasteiger partial charge in [-0.3, -0.25) is 19.4 Å². The third-order valence-electron chi connectivity index (χ3n) is 5.96. The molecule has 0 saturated carbocycles. The molecule has 34 heavy (non-hydrogen) atoms. The Hall–Kier alpha value is -3.08. The number of hydrogen-bond donors (Lipinski definition) is 3. The zero-order valence-corrected chi connectivity index (χ0v) is 20.0. The summed E-state index contributed by atoms with van der Waals surface area (Å²) in [6, 6.07) is -0.991. The molecule has 2 saturated heterocycles. The molecular weight excluding hydrogens is 480 g/mol. The maximum Gasteiger partial charge on any atom is 0.352 e. The molecule has 3 atom stereocenters. The number of β-lactam (4-membered cyclic amide) rings is 1. The van der Waals surface area contributed by atoms with Crippen molar-refractivity contribution >= 4 is 51.7 Å². The van der Waals surface area contributed by atoms with Gasteiger partial charge in [0.1, 0.15) is 22.8 Å². The first-order chi connectivity index (χ1) is 16.3. The van der Waals surface area contributed by atoms with Gasteiger partial charge >= 0.3 is 5.97 Å². The van der Waals surface area contributed by atoms with Crippen molar-refractivity contribution in [3.05, 3.63) is 22.3 Å². The van der Waals surface area contributed by atoms with E-state index in [9.17, 15) is 19.5 Å². The molecule has 0 spiro atoms. The molecule has 3 aliphatic rings. The first-order valence-corrected chi connectivity index (χ1v) is 12.6. The van der Waals surface area contributed by atoms with Crippen LogP contribution in [0.2, 0.25) is 0 Å². The molecule has 4 heterocycles. The number of aliphatic carboxylic acids is 1. The third-order valence-corrected chi connectivity index (χ3v) is 7.94. The van der Waals surface area contributed by atoms with Gasteiger partial charge in [0, 0.05) is 17.2 Å². The second-order valence-electron chi connectivity index (χ2n) is 7.95. The summed E-state index contributed by atoms with van der Waals surface area (Å²) in [6.45, 7) is 3.63. The number of carboxylic acid groups (broad SMARTS) is 1. The summed E-state index contributed by atoms with van der Waals surface area (Å²) in [4.78, 5) is 50.7. The predicted octanol–water partition coefficient (Wildman–Crippen LogP) is 0.302. The molecule has 180 valence electrons. The van der Waals surface area contributed by atoms with Crippen molar-refractivity contribution in [1.82, 2.24) is 20.1 Å². The van der Waals surface area contributed by atoms with E-state index in [0.29, 0.717) is 5.75 Å². The van der Waals surface area contributed by atoms with E-state index < -0.39 is 29.2 Å². The number of thiazole rings is 1. The highest BCUT2D eigenvalue weighted by molar-refractivity contribution is 8.00. The number of rotatable bonds is 8. The summed E-state index contributed by atoms with van der Waals surface area (Å²) in [7, 11) is 0. The second kappa shape index (κ2) is 10.0. The summed E-state index contributed by atoms with van der Waals surface area (Å²) >= 11 is 2.55. The molecule has 0 aliphatic carbocycles. The molecule has 2 amide bonds. The first-order valence-electron chi connectivity index (χ1n) is 10.6. The standard InChI is InChI=1S/C21H24N6O5S2/c1-3-8-32-25-14(13-10-34-21(22)23-13)17(28)24-15-18(29)27-16(20(30)31)12(9-33-19(15)27)11(2)26-6-4-5-7-26/h1,10-11,15,19H,4-9H2,2H3,(H2,22,23)(H,24,28)(H,30,31)/b25-14-/t11?,15?,19-/m0/s1. The number of carboxylic acids is 1. The quantitative estimate of drug-likeness (QED) is 0.149. The number of carbonyl (C=O) groups is 3. The van der Waals surface area contributed by atoms with Gasteiger partial charge in [-0.05, 0) is 38.4 Å². The van der Waals surface area contributed by atoms with Gasteiger partial charge in [0.25, 0.3) is 11.8 Å². The van der Waals surface area contributed by atoms with E-state index in [1.54, 1.807) is 0 Å². The van der Waals surface area contributed by atoms with Gasteiger partial charge in [0.2, 0.25) is 0 Å². The number of likely N-dealkylation sites (tertiary alicyclic amines) is 1. The number of amides is 2. The molecule has 1 aromatic rings. The van der Waals surface area contributed by atoms with Gasteiger partial charge < -0.3 is 21.0 Å². The summed E-state index contributed by atoms with van der Waals surface area (Å²) < 4.78 is 0. The van der Waals surface area contributed by atoms with Crippen molar-refractivity contribution in [3.63, 3.8) is 0 Å². The van der Waals surface area contributed by atoms with Crippen LogP contribution in [0, 0.1) is 12.3 Å². The minimum Gasteiger partial charge on any atom is -0.477 e. The molecule has 4 N–H and O–H groups in total. The van der Waals surface area contributed by atoms with Gasteiger partial charge in [-0.2, -0.15) is 0 Å². The van der Waals surface area contributed by atoms with Crippen LogP contribution < -0.4 is 11.1 Å². The van der Waals surface area contributed by atoms with Crippen LogP contribution in [0.25, 0.3) is 0 Å². The topological polar surface area (TPSA) is 150 Å². The second-order valence-corrected chi connectivity index (χ2v) is 9.94. The lowest BCUT2D eigenvalue weighted by molar-refractivity contribution is -0.150. The van der Waals surface area contributed by atoms with Crippen molar-refractivity contribution in [1.29, 1.82) is 0 Å². The molecule has 0 radical (unpaired) electrons. The van der Waals surface area contributed by atoms with Crippen LogP contribution >= 0.6 is 23.1 Å². The number of nitrogens with one attached hydrogen (secondary N) is 1. The van der Waals surface area contributed by atoms with Crippen LogP contribution in [0.1, 0.15) is 25.5 Å². The number of nitrogen functional groups attached to an aromatic ring is 1. The van der Waals surface area contributed by atoms with Gasteiger partial charge in [0.15, 0.2) is 17.5 Å². The minimum absolute atomic E-state index is 0.0113. The zero-order chi connectivity index (χ0) is 24.4. The number of hydrogen-bond acceptors (Lipinski definition) is 10. The number of aromatic nitrogens is 1. The number of anilines is 1. The van der Waals surface area contributed by atoms with Gasteiger partial charge in [0.05, 0.1) is 0 Å². The number of carbonyl (C=O) groups excluding carboxylic acids is 2. The normalized spacial score (nSPS) is 23.7. The Kier molecular flexibility index (Phi) is 7.11. The number of fused-ring (bicyclic) bond motifs is 1. The maximum absolute atomic E-state index is 13.0. The van der Waals surface area contributed by atoms with E-state index in [4.69, 9.17) is 17.0 Å². The van der Waals surface area contributed by atoms with Crippen molar-refractivity contribution in [2.75, 3.05) is 31.2 Å². The first kappa shape index (κ1) is 24.1. The summed E-state index contributed by atoms with van der Waals surface area (Å²) in [5.74, 6) is 0.364. The fourth-order valence-corrected chi connectivity index (χ4v) is 6.27. The lowest BCUT2D eigenvalue weighted by Gasteiger charge is -2.50. The number of nitrogens with zero attached hydrogens (tertiary/aromatic N) is 4. The highest BCUT2D eigenvalue weighted by Crippen LogP contribution is 2.42. The van der Waals surface area contributed by atoms with Gasteiger partial charge in [-0.25, -0.2) is 9.78 Å². The van der Waals surface area contributed by atoms with Crippen LogP contribution in [0.5, 0.6) is 0 Å². The smallest absolute Gasteiger partial charge is 0.352 e. The molecule has 2 unspecified atom stereocenters. The highest BCUT2D eigenvalue weighted by Gasteiger charge is 2.55. The number of oxime groups is 1. The van der Waals surface area contributed by atoms with Crippen molar-refractivity contribution < 1.29 is 24.3 Å². The average molecular weight is 505 g/mol. The van der Waals surface area contributed by atoms with Crippen LogP contribution in [-0.4, -0.2) is 86.3 Å². The average Bonchev–Trinajstić information content (AvgIpc) is 3.50. The number of nitrogens with two attached hydrogens (primary N) is 1. The number of terminal acetylenes is 1. The Bertz CT molecular complexity index is 1100. The monoisotopic (exact) mass is 504 g/mol. The molecule has 3 aliphatic heterocycles. The van der Waals surface area contributed by atoms with E-state index in [-0.39, 0.29) is 34.9 Å². The molecule has 13 heteroatoms. The Morgan fingerprint density at radius 2 is 2.21 bits per heavy atom. The van der Waals surface area contributed by atoms with E-state index in [1.807, 2.05) is 6.92 Å². The Morgan fingerprint density at radius 1 is 1.47 bits per heavy atom. The SMILES string of the molecule is C#CCO/N=C(\C(=O)NC1C(=O)N2C(C(=O)O)=C(C(C)N3CCCC3)CS[C@@H]12)c1csc(N)n1. The minimum atomic E-state index is -1.15. The summed E-state index contributed by atoms with van der Waals surface area (Å²) in [6.07, 6.45) is 7.31. The molecule has 11 nitrogen and oxygen atoms in total.